The minimum atomic E-state index is 0.149. The Hall–Kier alpha value is -1.95. The highest BCUT2D eigenvalue weighted by atomic mass is 16.5. The number of aliphatic imine (C=N–C) groups is 1. The number of hydrogen-bond donors (Lipinski definition) is 3. The van der Waals surface area contributed by atoms with Crippen molar-refractivity contribution < 1.29 is 14.6 Å². The van der Waals surface area contributed by atoms with Crippen LogP contribution in [-0.4, -0.2) is 44.0 Å². The summed E-state index contributed by atoms with van der Waals surface area (Å²) in [6, 6.07) is 5.44. The van der Waals surface area contributed by atoms with Gasteiger partial charge in [-0.3, -0.25) is 0 Å². The first-order valence-electron chi connectivity index (χ1n) is 9.73. The molecule has 0 unspecified atom stereocenters. The molecule has 0 aliphatic heterocycles. The Morgan fingerprint density at radius 1 is 1.23 bits per heavy atom. The van der Waals surface area contributed by atoms with Gasteiger partial charge >= 0.3 is 0 Å². The number of methoxy groups -OCH3 is 1. The normalized spacial score (nSPS) is 15.7. The fourth-order valence-electron chi connectivity index (χ4n) is 3.13. The van der Waals surface area contributed by atoms with E-state index in [1.807, 2.05) is 19.1 Å². The summed E-state index contributed by atoms with van der Waals surface area (Å²) >= 11 is 0. The molecule has 0 aromatic heterocycles. The first-order chi connectivity index (χ1) is 12.7. The van der Waals surface area contributed by atoms with E-state index in [9.17, 15) is 5.11 Å². The average Bonchev–Trinajstić information content (AvgIpc) is 2.67. The summed E-state index contributed by atoms with van der Waals surface area (Å²) in [5.41, 5.74) is 0.738. The van der Waals surface area contributed by atoms with Crippen molar-refractivity contribution in [1.29, 1.82) is 0 Å². The number of phenolic OH excluding ortho intramolecular Hbond substituents is 1. The Labute approximate surface area is 157 Å². The van der Waals surface area contributed by atoms with Gasteiger partial charge in [-0.25, -0.2) is 4.99 Å². The number of nitrogens with zero attached hydrogens (tertiary/aromatic N) is 1. The van der Waals surface area contributed by atoms with Gasteiger partial charge in [0.05, 0.1) is 19.8 Å². The van der Waals surface area contributed by atoms with Gasteiger partial charge in [0.25, 0.3) is 0 Å². The minimum absolute atomic E-state index is 0.149. The van der Waals surface area contributed by atoms with Crippen molar-refractivity contribution in [3.63, 3.8) is 0 Å². The number of rotatable bonds is 9. The van der Waals surface area contributed by atoms with Crippen LogP contribution in [-0.2, 0) is 11.3 Å². The SMILES string of the molecule is CCNC(=NCc1cccc(OC)c1O)NCCCOC1CCCCC1. The predicted octanol–water partition coefficient (Wildman–Crippen LogP) is 3.20. The molecule has 1 aliphatic rings. The third-order valence-electron chi connectivity index (χ3n) is 4.57. The molecule has 0 amide bonds. The number of para-hydroxylation sites is 1. The van der Waals surface area contributed by atoms with Gasteiger partial charge in [-0.15, -0.1) is 0 Å². The van der Waals surface area contributed by atoms with Crippen LogP contribution in [0.3, 0.4) is 0 Å². The highest BCUT2D eigenvalue weighted by Gasteiger charge is 2.13. The van der Waals surface area contributed by atoms with E-state index in [0.717, 1.165) is 37.6 Å². The lowest BCUT2D eigenvalue weighted by molar-refractivity contribution is 0.0277. The van der Waals surface area contributed by atoms with E-state index >= 15 is 0 Å². The number of phenols is 1. The van der Waals surface area contributed by atoms with E-state index < -0.39 is 0 Å². The van der Waals surface area contributed by atoms with Gasteiger partial charge in [0, 0.05) is 25.3 Å². The standard InChI is InChI=1S/C20H33N3O3/c1-3-21-20(22-13-8-14-26-17-10-5-4-6-11-17)23-15-16-9-7-12-18(25-2)19(16)24/h7,9,12,17,24H,3-6,8,10-11,13-15H2,1-2H3,(H2,21,22,23). The zero-order chi connectivity index (χ0) is 18.6. The summed E-state index contributed by atoms with van der Waals surface area (Å²) in [7, 11) is 1.54. The molecule has 6 heteroatoms. The van der Waals surface area contributed by atoms with Gasteiger partial charge in [-0.05, 0) is 32.3 Å². The molecule has 2 rings (SSSR count). The monoisotopic (exact) mass is 363 g/mol. The van der Waals surface area contributed by atoms with E-state index in [0.29, 0.717) is 18.4 Å². The lowest BCUT2D eigenvalue weighted by atomic mass is 9.98. The van der Waals surface area contributed by atoms with Crippen molar-refractivity contribution in [3.8, 4) is 11.5 Å². The fraction of sp³-hybridized carbons (Fsp3) is 0.650. The third-order valence-corrected chi connectivity index (χ3v) is 4.57. The summed E-state index contributed by atoms with van der Waals surface area (Å²) in [4.78, 5) is 4.55. The Morgan fingerprint density at radius 3 is 2.77 bits per heavy atom. The molecule has 1 fully saturated rings. The van der Waals surface area contributed by atoms with Gasteiger partial charge in [-0.1, -0.05) is 31.4 Å². The summed E-state index contributed by atoms with van der Waals surface area (Å²) in [6.07, 6.45) is 7.79. The Bertz CT molecular complexity index is 557. The van der Waals surface area contributed by atoms with Gasteiger partial charge < -0.3 is 25.2 Å². The molecule has 0 saturated heterocycles. The quantitative estimate of drug-likeness (QED) is 0.357. The predicted molar refractivity (Wildman–Crippen MR) is 105 cm³/mol. The molecule has 0 heterocycles. The molecule has 1 aliphatic carbocycles. The molecule has 3 N–H and O–H groups in total. The van der Waals surface area contributed by atoms with Crippen LogP contribution in [0.25, 0.3) is 0 Å². The molecule has 146 valence electrons. The van der Waals surface area contributed by atoms with E-state index in [-0.39, 0.29) is 5.75 Å². The maximum atomic E-state index is 10.1. The van der Waals surface area contributed by atoms with Crippen molar-refractivity contribution in [1.82, 2.24) is 10.6 Å². The van der Waals surface area contributed by atoms with Crippen molar-refractivity contribution >= 4 is 5.96 Å². The topological polar surface area (TPSA) is 75.1 Å². The van der Waals surface area contributed by atoms with Crippen LogP contribution in [0.4, 0.5) is 0 Å². The van der Waals surface area contributed by atoms with Crippen LogP contribution in [0.1, 0.15) is 51.0 Å². The summed E-state index contributed by atoms with van der Waals surface area (Å²) in [6.45, 7) is 4.80. The van der Waals surface area contributed by atoms with Gasteiger partial charge in [0.1, 0.15) is 0 Å². The molecule has 0 atom stereocenters. The second-order valence-corrected chi connectivity index (χ2v) is 6.57. The van der Waals surface area contributed by atoms with Crippen LogP contribution in [0, 0.1) is 0 Å². The zero-order valence-electron chi connectivity index (χ0n) is 16.1. The number of nitrogens with one attached hydrogen (secondary N) is 2. The molecule has 1 aromatic carbocycles. The van der Waals surface area contributed by atoms with Crippen LogP contribution < -0.4 is 15.4 Å². The van der Waals surface area contributed by atoms with Crippen LogP contribution in [0.2, 0.25) is 0 Å². The molecular weight excluding hydrogens is 330 g/mol. The van der Waals surface area contributed by atoms with Crippen molar-refractivity contribution in [2.45, 2.75) is 58.1 Å². The van der Waals surface area contributed by atoms with E-state index in [4.69, 9.17) is 9.47 Å². The first kappa shape index (κ1) is 20.4. The van der Waals surface area contributed by atoms with Crippen LogP contribution >= 0.6 is 0 Å². The summed E-state index contributed by atoms with van der Waals surface area (Å²) < 4.78 is 11.1. The number of guanidine groups is 1. The van der Waals surface area contributed by atoms with Crippen molar-refractivity contribution in [2.75, 3.05) is 26.8 Å². The molecule has 0 spiro atoms. The van der Waals surface area contributed by atoms with Crippen molar-refractivity contribution in [3.05, 3.63) is 23.8 Å². The zero-order valence-corrected chi connectivity index (χ0v) is 16.1. The molecule has 1 aromatic rings. The lowest BCUT2D eigenvalue weighted by Gasteiger charge is -2.22. The minimum Gasteiger partial charge on any atom is -0.504 e. The fourth-order valence-corrected chi connectivity index (χ4v) is 3.13. The maximum absolute atomic E-state index is 10.1. The molecular formula is C20H33N3O3. The number of hydrogen-bond acceptors (Lipinski definition) is 4. The molecule has 0 radical (unpaired) electrons. The van der Waals surface area contributed by atoms with E-state index in [1.54, 1.807) is 13.2 Å². The van der Waals surface area contributed by atoms with Crippen molar-refractivity contribution in [2.24, 2.45) is 4.99 Å². The van der Waals surface area contributed by atoms with Gasteiger partial charge in [-0.2, -0.15) is 0 Å². The molecule has 1 saturated carbocycles. The summed E-state index contributed by atoms with van der Waals surface area (Å²) in [5, 5.41) is 16.7. The van der Waals surface area contributed by atoms with Crippen LogP contribution in [0.5, 0.6) is 11.5 Å². The Balaban J connectivity index is 1.75. The Kier molecular flexibility index (Phi) is 9.10. The number of ether oxygens (including phenoxy) is 2. The van der Waals surface area contributed by atoms with E-state index in [2.05, 4.69) is 15.6 Å². The van der Waals surface area contributed by atoms with E-state index in [1.165, 1.54) is 32.1 Å². The number of benzene rings is 1. The summed E-state index contributed by atoms with van der Waals surface area (Å²) in [5.74, 6) is 1.36. The second-order valence-electron chi connectivity index (χ2n) is 6.57. The molecule has 0 bridgehead atoms. The van der Waals surface area contributed by atoms with Gasteiger partial charge in [0.2, 0.25) is 0 Å². The molecule has 26 heavy (non-hydrogen) atoms. The maximum Gasteiger partial charge on any atom is 0.191 e. The van der Waals surface area contributed by atoms with Gasteiger partial charge in [0.15, 0.2) is 17.5 Å². The highest BCUT2D eigenvalue weighted by Crippen LogP contribution is 2.29. The third kappa shape index (κ3) is 6.75. The average molecular weight is 364 g/mol. The largest absolute Gasteiger partial charge is 0.504 e. The highest BCUT2D eigenvalue weighted by molar-refractivity contribution is 5.79. The first-order valence-corrected chi connectivity index (χ1v) is 9.73. The van der Waals surface area contributed by atoms with Crippen LogP contribution in [0.15, 0.2) is 23.2 Å². The lowest BCUT2D eigenvalue weighted by Crippen LogP contribution is -2.38. The second kappa shape index (κ2) is 11.6. The Morgan fingerprint density at radius 2 is 2.04 bits per heavy atom. The number of aromatic hydroxyl groups is 1. The smallest absolute Gasteiger partial charge is 0.191 e. The molecule has 6 nitrogen and oxygen atoms in total.